The van der Waals surface area contributed by atoms with Crippen LogP contribution in [0.4, 0.5) is 13.2 Å². The summed E-state index contributed by atoms with van der Waals surface area (Å²) in [5.41, 5.74) is -1.16. The molecule has 2 aromatic heterocycles. The lowest BCUT2D eigenvalue weighted by atomic mass is 9.91. The number of carbonyl (C=O) groups is 1. The van der Waals surface area contributed by atoms with Crippen molar-refractivity contribution >= 4 is 40.6 Å². The summed E-state index contributed by atoms with van der Waals surface area (Å²) in [5, 5.41) is 1.33. The van der Waals surface area contributed by atoms with Gasteiger partial charge in [-0.25, -0.2) is 0 Å². The molecule has 0 atom stereocenters. The fraction of sp³-hybridized carbons (Fsp3) is 0.333. The topological polar surface area (TPSA) is 49.9 Å². The zero-order valence-electron chi connectivity index (χ0n) is 12.6. The summed E-state index contributed by atoms with van der Waals surface area (Å²) in [6, 6.07) is 1.32. The number of aromatic nitrogens is 1. The van der Waals surface area contributed by atoms with Crippen LogP contribution in [0.25, 0.3) is 12.2 Å². The predicted molar refractivity (Wildman–Crippen MR) is 86.0 cm³/mol. The molecule has 2 aromatic rings. The average Bonchev–Trinajstić information content (AvgIpc) is 2.96. The van der Waals surface area contributed by atoms with E-state index in [1.165, 1.54) is 23.6 Å². The van der Waals surface area contributed by atoms with Crippen molar-refractivity contribution in [2.75, 3.05) is 0 Å². The molecule has 0 aliphatic heterocycles. The molecule has 8 heteroatoms. The molecular weight excluding hydrogens is 347 g/mol. The number of aromatic amines is 1. The number of ketones is 1. The third-order valence-electron chi connectivity index (χ3n) is 2.92. The molecular formula is C15H14F3NO2S2. The van der Waals surface area contributed by atoms with E-state index in [2.05, 4.69) is 4.98 Å². The number of thiazole rings is 1. The number of hydrogen-bond acceptors (Lipinski definition) is 4. The highest BCUT2D eigenvalue weighted by Crippen LogP contribution is 2.36. The van der Waals surface area contributed by atoms with Crippen LogP contribution in [0.3, 0.4) is 0 Å². The minimum atomic E-state index is -4.46. The number of Topliss-reactive ketones (excluding diaryl/α,β-unsaturated/α-hetero) is 1. The Morgan fingerprint density at radius 2 is 1.91 bits per heavy atom. The molecule has 124 valence electrons. The van der Waals surface area contributed by atoms with Gasteiger partial charge in [-0.1, -0.05) is 20.8 Å². The van der Waals surface area contributed by atoms with Crippen LogP contribution in [0.2, 0.25) is 0 Å². The summed E-state index contributed by atoms with van der Waals surface area (Å²) in [7, 11) is 0. The highest BCUT2D eigenvalue weighted by Gasteiger charge is 2.34. The van der Waals surface area contributed by atoms with Crippen molar-refractivity contribution in [2.45, 2.75) is 26.9 Å². The lowest BCUT2D eigenvalue weighted by molar-refractivity contribution is -0.134. The van der Waals surface area contributed by atoms with E-state index < -0.39 is 22.0 Å². The van der Waals surface area contributed by atoms with E-state index in [9.17, 15) is 22.8 Å². The summed E-state index contributed by atoms with van der Waals surface area (Å²) in [4.78, 5) is 25.5. The smallest absolute Gasteiger partial charge is 0.313 e. The van der Waals surface area contributed by atoms with Gasteiger partial charge < -0.3 is 4.98 Å². The molecule has 1 N–H and O–H groups in total. The summed E-state index contributed by atoms with van der Waals surface area (Å²) in [6.45, 7) is 5.22. The number of rotatable bonds is 2. The Balaban J connectivity index is 2.52. The Kier molecular flexibility index (Phi) is 4.68. The third-order valence-corrected chi connectivity index (χ3v) is 4.86. The van der Waals surface area contributed by atoms with E-state index >= 15 is 0 Å². The van der Waals surface area contributed by atoms with Crippen LogP contribution >= 0.6 is 22.7 Å². The molecule has 0 unspecified atom stereocenters. The summed E-state index contributed by atoms with van der Waals surface area (Å²) in [5.74, 6) is -0.173. The van der Waals surface area contributed by atoms with Gasteiger partial charge in [-0.3, -0.25) is 9.59 Å². The maximum Gasteiger partial charge on any atom is 0.426 e. The van der Waals surface area contributed by atoms with Crippen LogP contribution < -0.4 is 14.8 Å². The van der Waals surface area contributed by atoms with Crippen molar-refractivity contribution in [3.8, 4) is 0 Å². The number of hydrogen-bond donors (Lipinski definition) is 1. The molecule has 2 heterocycles. The van der Waals surface area contributed by atoms with Crippen molar-refractivity contribution in [3.63, 3.8) is 0 Å². The zero-order chi connectivity index (χ0) is 17.4. The number of halogens is 3. The Bertz CT molecular complexity index is 895. The van der Waals surface area contributed by atoms with Crippen LogP contribution in [-0.4, -0.2) is 10.8 Å². The van der Waals surface area contributed by atoms with E-state index in [1.807, 2.05) is 0 Å². The first-order valence-electron chi connectivity index (χ1n) is 6.60. The second kappa shape index (κ2) is 6.09. The highest BCUT2D eigenvalue weighted by atomic mass is 32.1. The van der Waals surface area contributed by atoms with Crippen molar-refractivity contribution in [1.82, 2.24) is 4.98 Å². The van der Waals surface area contributed by atoms with Crippen LogP contribution in [0.5, 0.6) is 0 Å². The van der Waals surface area contributed by atoms with Gasteiger partial charge >= 0.3 is 6.18 Å². The monoisotopic (exact) mass is 361 g/mol. The Hall–Kier alpha value is -1.67. The maximum absolute atomic E-state index is 12.9. The first kappa shape index (κ1) is 17.7. The zero-order valence-corrected chi connectivity index (χ0v) is 14.2. The molecule has 0 radical (unpaired) electrons. The van der Waals surface area contributed by atoms with E-state index in [-0.39, 0.29) is 15.9 Å². The molecule has 0 bridgehead atoms. The lowest BCUT2D eigenvalue weighted by Gasteiger charge is -2.12. The highest BCUT2D eigenvalue weighted by molar-refractivity contribution is 7.10. The standard InChI is InChI=1S/C15H14F3NO2S2/c1-14(2,3)10(20)7-11-19-13(21)9(23-11)6-8-4-5-22-12(8)15(16,17)18/h4-7H,1-3H3,(H,19,21). The van der Waals surface area contributed by atoms with Crippen LogP contribution in [0, 0.1) is 5.41 Å². The van der Waals surface area contributed by atoms with Gasteiger partial charge in [-0.05, 0) is 23.1 Å². The minimum Gasteiger partial charge on any atom is -0.313 e. The molecule has 0 fully saturated rings. The number of nitrogens with one attached hydrogen (secondary N) is 1. The fourth-order valence-corrected chi connectivity index (χ4v) is 3.29. The summed E-state index contributed by atoms with van der Waals surface area (Å²) >= 11 is 1.54. The quantitative estimate of drug-likeness (QED) is 0.894. The van der Waals surface area contributed by atoms with Gasteiger partial charge in [0.1, 0.15) is 4.88 Å². The SMILES string of the molecule is CC(C)(C)C(=O)C=c1[nH]c(=O)c(=Cc2ccsc2C(F)(F)F)s1. The number of alkyl halides is 3. The first-order valence-corrected chi connectivity index (χ1v) is 8.30. The van der Waals surface area contributed by atoms with Gasteiger partial charge in [0.25, 0.3) is 5.56 Å². The summed E-state index contributed by atoms with van der Waals surface area (Å²) in [6.07, 6.45) is -1.95. The lowest BCUT2D eigenvalue weighted by Crippen LogP contribution is -2.22. The maximum atomic E-state index is 12.9. The molecule has 0 spiro atoms. The average molecular weight is 361 g/mol. The van der Waals surface area contributed by atoms with E-state index in [0.29, 0.717) is 16.0 Å². The van der Waals surface area contributed by atoms with Gasteiger partial charge in [-0.15, -0.1) is 22.7 Å². The molecule has 3 nitrogen and oxygen atoms in total. The van der Waals surface area contributed by atoms with E-state index in [4.69, 9.17) is 0 Å². The third kappa shape index (κ3) is 4.20. The number of H-pyrrole nitrogens is 1. The molecule has 0 aliphatic carbocycles. The summed E-state index contributed by atoms with van der Waals surface area (Å²) < 4.78 is 39.0. The Labute approximate surface area is 137 Å². The van der Waals surface area contributed by atoms with Crippen molar-refractivity contribution in [2.24, 2.45) is 5.41 Å². The van der Waals surface area contributed by atoms with Crippen molar-refractivity contribution < 1.29 is 18.0 Å². The fourth-order valence-electron chi connectivity index (χ4n) is 1.66. The minimum absolute atomic E-state index is 0.0523. The van der Waals surface area contributed by atoms with Crippen molar-refractivity contribution in [3.05, 3.63) is 41.4 Å². The first-order chi connectivity index (χ1) is 10.5. The van der Waals surface area contributed by atoms with Gasteiger partial charge in [0.15, 0.2) is 5.78 Å². The molecule has 0 aliphatic rings. The van der Waals surface area contributed by atoms with Crippen LogP contribution in [-0.2, 0) is 11.0 Å². The van der Waals surface area contributed by atoms with Crippen LogP contribution in [0.15, 0.2) is 16.2 Å². The van der Waals surface area contributed by atoms with Crippen molar-refractivity contribution in [1.29, 1.82) is 0 Å². The predicted octanol–water partition coefficient (Wildman–Crippen LogP) is 2.74. The van der Waals surface area contributed by atoms with Gasteiger partial charge in [0.05, 0.1) is 9.20 Å². The van der Waals surface area contributed by atoms with Gasteiger partial charge in [-0.2, -0.15) is 13.2 Å². The van der Waals surface area contributed by atoms with E-state index in [1.54, 1.807) is 20.8 Å². The van der Waals surface area contributed by atoms with Gasteiger partial charge in [0.2, 0.25) is 0 Å². The molecule has 0 amide bonds. The molecule has 0 saturated carbocycles. The molecule has 2 rings (SSSR count). The molecule has 0 saturated heterocycles. The number of thiophene rings is 1. The second-order valence-electron chi connectivity index (χ2n) is 5.89. The molecule has 0 aromatic carbocycles. The largest absolute Gasteiger partial charge is 0.426 e. The Morgan fingerprint density at radius 3 is 2.48 bits per heavy atom. The van der Waals surface area contributed by atoms with Crippen LogP contribution in [0.1, 0.15) is 31.2 Å². The normalized spacial score (nSPS) is 14.5. The Morgan fingerprint density at radius 1 is 1.26 bits per heavy atom. The second-order valence-corrected chi connectivity index (χ2v) is 7.89. The van der Waals surface area contributed by atoms with Gasteiger partial charge in [0, 0.05) is 11.5 Å². The number of carbonyl (C=O) groups excluding carboxylic acids is 1. The van der Waals surface area contributed by atoms with E-state index in [0.717, 1.165) is 11.3 Å². The molecule has 23 heavy (non-hydrogen) atoms.